The molecular formula is C21H24ClN3OS. The van der Waals surface area contributed by atoms with Gasteiger partial charge in [0.2, 0.25) is 0 Å². The molecule has 1 aliphatic heterocycles. The van der Waals surface area contributed by atoms with E-state index >= 15 is 0 Å². The molecule has 0 spiro atoms. The Kier molecular flexibility index (Phi) is 5.81. The van der Waals surface area contributed by atoms with Crippen molar-refractivity contribution in [1.29, 1.82) is 0 Å². The molecule has 0 bridgehead atoms. The summed E-state index contributed by atoms with van der Waals surface area (Å²) in [5, 5.41) is 0.886. The number of nitrogens with zero attached hydrogens (tertiary/aromatic N) is 3. The lowest BCUT2D eigenvalue weighted by Crippen LogP contribution is -2.47. The Morgan fingerprint density at radius 2 is 2.00 bits per heavy atom. The van der Waals surface area contributed by atoms with Gasteiger partial charge in [0, 0.05) is 38.8 Å². The Labute approximate surface area is 169 Å². The Morgan fingerprint density at radius 1 is 1.15 bits per heavy atom. The van der Waals surface area contributed by atoms with Gasteiger partial charge in [0.25, 0.3) is 0 Å². The van der Waals surface area contributed by atoms with E-state index in [1.165, 1.54) is 4.70 Å². The van der Waals surface area contributed by atoms with Crippen molar-refractivity contribution in [1.82, 2.24) is 9.88 Å². The second kappa shape index (κ2) is 8.46. The molecule has 0 aliphatic carbocycles. The van der Waals surface area contributed by atoms with Crippen LogP contribution >= 0.6 is 22.9 Å². The van der Waals surface area contributed by atoms with Gasteiger partial charge in [-0.2, -0.15) is 0 Å². The normalized spacial score (nSPS) is 15.4. The molecule has 142 valence electrons. The number of fused-ring (bicyclic) bond motifs is 1. The number of hydrogen-bond acceptors (Lipinski definition) is 5. The second-order valence-corrected chi connectivity index (χ2v) is 8.18. The van der Waals surface area contributed by atoms with Gasteiger partial charge in [-0.25, -0.2) is 4.98 Å². The van der Waals surface area contributed by atoms with Crippen LogP contribution in [0.2, 0.25) is 5.02 Å². The first-order valence-corrected chi connectivity index (χ1v) is 10.6. The van der Waals surface area contributed by atoms with Gasteiger partial charge in [0.05, 0.1) is 33.0 Å². The lowest BCUT2D eigenvalue weighted by atomic mass is 10.2. The van der Waals surface area contributed by atoms with Crippen molar-refractivity contribution in [2.75, 3.05) is 44.2 Å². The van der Waals surface area contributed by atoms with Crippen LogP contribution in [0, 0.1) is 6.92 Å². The Balaban J connectivity index is 1.21. The average molecular weight is 402 g/mol. The number of halogens is 1. The largest absolute Gasteiger partial charge is 0.493 e. The molecule has 0 saturated carbocycles. The molecular weight excluding hydrogens is 378 g/mol. The number of thiazole rings is 1. The molecule has 27 heavy (non-hydrogen) atoms. The van der Waals surface area contributed by atoms with Crippen molar-refractivity contribution < 1.29 is 4.74 Å². The Morgan fingerprint density at radius 3 is 2.85 bits per heavy atom. The van der Waals surface area contributed by atoms with Crippen molar-refractivity contribution >= 4 is 38.8 Å². The fourth-order valence-electron chi connectivity index (χ4n) is 3.49. The van der Waals surface area contributed by atoms with Crippen LogP contribution in [0.1, 0.15) is 12.0 Å². The first-order chi connectivity index (χ1) is 13.2. The standard InChI is InChI=1S/C21H24ClN3OS/c1-16-4-2-5-19(21(16)22)25-11-9-24(10-12-25)8-3-13-26-17-6-7-20-18(14-17)23-15-27-20/h2,4-7,14-15H,3,8-13H2,1H3. The number of aromatic nitrogens is 1. The van der Waals surface area contributed by atoms with Crippen LogP contribution in [0.5, 0.6) is 5.75 Å². The van der Waals surface area contributed by atoms with Crippen molar-refractivity contribution in [2.45, 2.75) is 13.3 Å². The zero-order chi connectivity index (χ0) is 18.6. The van der Waals surface area contributed by atoms with Crippen LogP contribution in [0.25, 0.3) is 10.2 Å². The van der Waals surface area contributed by atoms with E-state index in [9.17, 15) is 0 Å². The number of benzene rings is 2. The first kappa shape index (κ1) is 18.5. The van der Waals surface area contributed by atoms with Gasteiger partial charge < -0.3 is 9.64 Å². The minimum absolute atomic E-state index is 0.736. The third-order valence-corrected chi connectivity index (χ3v) is 6.38. The highest BCUT2D eigenvalue weighted by Crippen LogP contribution is 2.29. The monoisotopic (exact) mass is 401 g/mol. The van der Waals surface area contributed by atoms with Gasteiger partial charge in [-0.3, -0.25) is 4.90 Å². The predicted molar refractivity (Wildman–Crippen MR) is 115 cm³/mol. The number of aryl methyl sites for hydroxylation is 1. The van der Waals surface area contributed by atoms with Gasteiger partial charge in [-0.05, 0) is 37.1 Å². The molecule has 6 heteroatoms. The fourth-order valence-corrected chi connectivity index (χ4v) is 4.40. The molecule has 0 atom stereocenters. The Bertz CT molecular complexity index is 905. The smallest absolute Gasteiger partial charge is 0.121 e. The topological polar surface area (TPSA) is 28.6 Å². The summed E-state index contributed by atoms with van der Waals surface area (Å²) in [5.74, 6) is 0.910. The number of piperazine rings is 1. The SMILES string of the molecule is Cc1cccc(N2CCN(CCCOc3ccc4scnc4c3)CC2)c1Cl. The first-order valence-electron chi connectivity index (χ1n) is 9.39. The minimum atomic E-state index is 0.736. The lowest BCUT2D eigenvalue weighted by Gasteiger charge is -2.36. The third kappa shape index (κ3) is 4.37. The maximum atomic E-state index is 6.48. The highest BCUT2D eigenvalue weighted by Gasteiger charge is 2.19. The van der Waals surface area contributed by atoms with Crippen molar-refractivity contribution in [2.24, 2.45) is 0 Å². The molecule has 0 amide bonds. The zero-order valence-corrected chi connectivity index (χ0v) is 17.1. The Hall–Kier alpha value is -1.82. The average Bonchev–Trinajstić information content (AvgIpc) is 3.16. The van der Waals surface area contributed by atoms with E-state index in [4.69, 9.17) is 16.3 Å². The van der Waals surface area contributed by atoms with E-state index in [1.54, 1.807) is 11.3 Å². The minimum Gasteiger partial charge on any atom is -0.493 e. The number of rotatable bonds is 6. The summed E-state index contributed by atoms with van der Waals surface area (Å²) >= 11 is 8.13. The highest BCUT2D eigenvalue weighted by atomic mass is 35.5. The van der Waals surface area contributed by atoms with Crippen LogP contribution in [-0.2, 0) is 0 Å². The van der Waals surface area contributed by atoms with Crippen molar-refractivity contribution in [3.05, 3.63) is 52.5 Å². The molecule has 0 unspecified atom stereocenters. The van der Waals surface area contributed by atoms with E-state index in [1.807, 2.05) is 17.6 Å². The van der Waals surface area contributed by atoms with Crippen LogP contribution in [0.4, 0.5) is 5.69 Å². The summed E-state index contributed by atoms with van der Waals surface area (Å²) in [6, 6.07) is 12.4. The molecule has 1 saturated heterocycles. The van der Waals surface area contributed by atoms with E-state index in [-0.39, 0.29) is 0 Å². The van der Waals surface area contributed by atoms with E-state index in [0.29, 0.717) is 0 Å². The van der Waals surface area contributed by atoms with Crippen LogP contribution in [0.15, 0.2) is 41.9 Å². The molecule has 2 aromatic carbocycles. The molecule has 0 radical (unpaired) electrons. The summed E-state index contributed by atoms with van der Waals surface area (Å²) in [4.78, 5) is 9.24. The van der Waals surface area contributed by atoms with E-state index in [2.05, 4.69) is 46.0 Å². The molecule has 1 aromatic heterocycles. The predicted octanol–water partition coefficient (Wildman–Crippen LogP) is 4.85. The molecule has 1 fully saturated rings. The number of anilines is 1. The summed E-state index contributed by atoms with van der Waals surface area (Å²) < 4.78 is 7.11. The van der Waals surface area contributed by atoms with Gasteiger partial charge in [-0.1, -0.05) is 23.7 Å². The maximum absolute atomic E-state index is 6.48. The fraction of sp³-hybridized carbons (Fsp3) is 0.381. The van der Waals surface area contributed by atoms with E-state index < -0.39 is 0 Å². The zero-order valence-electron chi connectivity index (χ0n) is 15.5. The highest BCUT2D eigenvalue weighted by molar-refractivity contribution is 7.16. The number of hydrogen-bond donors (Lipinski definition) is 0. The molecule has 0 N–H and O–H groups in total. The van der Waals surface area contributed by atoms with Crippen LogP contribution < -0.4 is 9.64 Å². The number of ether oxygens (including phenoxy) is 1. The van der Waals surface area contributed by atoms with Crippen molar-refractivity contribution in [3.8, 4) is 5.75 Å². The molecule has 4 rings (SSSR count). The van der Waals surface area contributed by atoms with E-state index in [0.717, 1.165) is 73.3 Å². The molecule has 2 heterocycles. The molecule has 3 aromatic rings. The summed E-state index contributed by atoms with van der Waals surface area (Å²) in [6.45, 7) is 8.03. The van der Waals surface area contributed by atoms with Gasteiger partial charge >= 0.3 is 0 Å². The van der Waals surface area contributed by atoms with Crippen LogP contribution in [-0.4, -0.2) is 49.2 Å². The molecule has 1 aliphatic rings. The van der Waals surface area contributed by atoms with Gasteiger partial charge in [0.15, 0.2) is 0 Å². The lowest BCUT2D eigenvalue weighted by molar-refractivity contribution is 0.225. The second-order valence-electron chi connectivity index (χ2n) is 6.92. The summed E-state index contributed by atoms with van der Waals surface area (Å²) in [6.07, 6.45) is 1.03. The summed E-state index contributed by atoms with van der Waals surface area (Å²) in [5.41, 5.74) is 5.20. The quantitative estimate of drug-likeness (QED) is 0.552. The molecule has 4 nitrogen and oxygen atoms in total. The maximum Gasteiger partial charge on any atom is 0.121 e. The third-order valence-electron chi connectivity index (χ3n) is 5.07. The van der Waals surface area contributed by atoms with Gasteiger partial charge in [0.1, 0.15) is 5.75 Å². The van der Waals surface area contributed by atoms with Gasteiger partial charge in [-0.15, -0.1) is 11.3 Å². The summed E-state index contributed by atoms with van der Waals surface area (Å²) in [7, 11) is 0. The van der Waals surface area contributed by atoms with Crippen LogP contribution in [0.3, 0.4) is 0 Å². The van der Waals surface area contributed by atoms with Crippen molar-refractivity contribution in [3.63, 3.8) is 0 Å².